The SMILES string of the molecule is CC(C)c1cc(C(=O)Nc2ccccc2CN2CCC(O)CC2)n[nH]1. The summed E-state index contributed by atoms with van der Waals surface area (Å²) in [6.45, 7) is 6.63. The Labute approximate surface area is 148 Å². The minimum atomic E-state index is -0.204. The number of aromatic amines is 1. The van der Waals surface area contributed by atoms with Crippen molar-refractivity contribution < 1.29 is 9.90 Å². The molecule has 2 aromatic rings. The summed E-state index contributed by atoms with van der Waals surface area (Å²) in [7, 11) is 0. The summed E-state index contributed by atoms with van der Waals surface area (Å²) in [4.78, 5) is 14.8. The van der Waals surface area contributed by atoms with E-state index in [1.807, 2.05) is 24.3 Å². The van der Waals surface area contributed by atoms with Gasteiger partial charge in [0, 0.05) is 31.0 Å². The number of anilines is 1. The van der Waals surface area contributed by atoms with Crippen LogP contribution in [-0.2, 0) is 6.54 Å². The molecular weight excluding hydrogens is 316 g/mol. The van der Waals surface area contributed by atoms with Crippen LogP contribution in [0.25, 0.3) is 0 Å². The first-order valence-electron chi connectivity index (χ1n) is 8.88. The second-order valence-electron chi connectivity index (χ2n) is 6.98. The molecule has 1 amide bonds. The smallest absolute Gasteiger partial charge is 0.276 e. The van der Waals surface area contributed by atoms with Crippen LogP contribution in [0.5, 0.6) is 0 Å². The lowest BCUT2D eigenvalue weighted by molar-refractivity contribution is 0.0793. The Bertz CT molecular complexity index is 718. The number of aromatic nitrogens is 2. The van der Waals surface area contributed by atoms with Gasteiger partial charge in [0.05, 0.1) is 6.10 Å². The van der Waals surface area contributed by atoms with E-state index >= 15 is 0 Å². The first-order chi connectivity index (χ1) is 12.0. The van der Waals surface area contributed by atoms with Crippen LogP contribution in [0.15, 0.2) is 30.3 Å². The predicted octanol–water partition coefficient (Wildman–Crippen LogP) is 2.74. The van der Waals surface area contributed by atoms with Gasteiger partial charge >= 0.3 is 0 Å². The van der Waals surface area contributed by atoms with Gasteiger partial charge in [-0.2, -0.15) is 5.10 Å². The standard InChI is InChI=1S/C19H26N4O2/c1-13(2)17-11-18(22-21-17)19(25)20-16-6-4-3-5-14(16)12-23-9-7-15(24)8-10-23/h3-6,11,13,15,24H,7-10,12H2,1-2H3,(H,20,25)(H,21,22). The average Bonchev–Trinajstić information content (AvgIpc) is 3.09. The van der Waals surface area contributed by atoms with Crippen molar-refractivity contribution >= 4 is 11.6 Å². The number of nitrogens with one attached hydrogen (secondary N) is 2. The van der Waals surface area contributed by atoms with Gasteiger partial charge in [-0.25, -0.2) is 0 Å². The Morgan fingerprint density at radius 2 is 2.08 bits per heavy atom. The number of benzene rings is 1. The van der Waals surface area contributed by atoms with Crippen molar-refractivity contribution in [2.75, 3.05) is 18.4 Å². The lowest BCUT2D eigenvalue weighted by Crippen LogP contribution is -2.35. The second kappa shape index (κ2) is 7.80. The molecule has 0 atom stereocenters. The third-order valence-electron chi connectivity index (χ3n) is 4.67. The highest BCUT2D eigenvalue weighted by Crippen LogP contribution is 2.21. The highest BCUT2D eigenvalue weighted by molar-refractivity contribution is 6.03. The molecule has 0 saturated carbocycles. The first-order valence-corrected chi connectivity index (χ1v) is 8.88. The van der Waals surface area contributed by atoms with Crippen LogP contribution in [0.3, 0.4) is 0 Å². The monoisotopic (exact) mass is 342 g/mol. The number of aliphatic hydroxyl groups is 1. The van der Waals surface area contributed by atoms with Crippen molar-refractivity contribution in [3.63, 3.8) is 0 Å². The minimum Gasteiger partial charge on any atom is -0.393 e. The molecule has 2 heterocycles. The fourth-order valence-electron chi connectivity index (χ4n) is 3.03. The number of amides is 1. The van der Waals surface area contributed by atoms with Gasteiger partial charge in [-0.05, 0) is 36.5 Å². The summed E-state index contributed by atoms with van der Waals surface area (Å²) in [6.07, 6.45) is 1.43. The molecule has 1 aliphatic rings. The zero-order valence-corrected chi connectivity index (χ0v) is 14.8. The van der Waals surface area contributed by atoms with E-state index in [1.165, 1.54) is 0 Å². The van der Waals surface area contributed by atoms with E-state index in [0.29, 0.717) is 11.6 Å². The maximum Gasteiger partial charge on any atom is 0.276 e. The van der Waals surface area contributed by atoms with Gasteiger partial charge < -0.3 is 10.4 Å². The maximum absolute atomic E-state index is 12.5. The number of aliphatic hydroxyl groups excluding tert-OH is 1. The number of hydrogen-bond donors (Lipinski definition) is 3. The predicted molar refractivity (Wildman–Crippen MR) is 97.6 cm³/mol. The van der Waals surface area contributed by atoms with E-state index in [0.717, 1.165) is 49.4 Å². The molecule has 0 bridgehead atoms. The van der Waals surface area contributed by atoms with Gasteiger partial charge in [-0.1, -0.05) is 32.0 Å². The molecule has 1 fully saturated rings. The fraction of sp³-hybridized carbons (Fsp3) is 0.474. The summed E-state index contributed by atoms with van der Waals surface area (Å²) >= 11 is 0. The molecule has 0 aliphatic carbocycles. The molecule has 3 rings (SSSR count). The number of hydrogen-bond acceptors (Lipinski definition) is 4. The Hall–Kier alpha value is -2.18. The number of carbonyl (C=O) groups is 1. The topological polar surface area (TPSA) is 81.2 Å². The number of rotatable bonds is 5. The first kappa shape index (κ1) is 17.6. The third-order valence-corrected chi connectivity index (χ3v) is 4.67. The highest BCUT2D eigenvalue weighted by atomic mass is 16.3. The lowest BCUT2D eigenvalue weighted by atomic mass is 10.1. The summed E-state index contributed by atoms with van der Waals surface area (Å²) in [6, 6.07) is 9.65. The molecule has 6 heteroatoms. The number of likely N-dealkylation sites (tertiary alicyclic amines) is 1. The molecule has 0 radical (unpaired) electrons. The largest absolute Gasteiger partial charge is 0.393 e. The molecule has 6 nitrogen and oxygen atoms in total. The summed E-state index contributed by atoms with van der Waals surface area (Å²) in [5, 5.41) is 19.6. The van der Waals surface area contributed by atoms with Crippen LogP contribution < -0.4 is 5.32 Å². The minimum absolute atomic E-state index is 0.180. The quantitative estimate of drug-likeness (QED) is 0.780. The molecular formula is C19H26N4O2. The fourth-order valence-corrected chi connectivity index (χ4v) is 3.03. The lowest BCUT2D eigenvalue weighted by Gasteiger charge is -2.30. The van der Waals surface area contributed by atoms with E-state index in [-0.39, 0.29) is 12.0 Å². The van der Waals surface area contributed by atoms with Gasteiger partial charge in [0.25, 0.3) is 5.91 Å². The van der Waals surface area contributed by atoms with Crippen LogP contribution in [0.2, 0.25) is 0 Å². The molecule has 1 aliphatic heterocycles. The Morgan fingerprint density at radius 1 is 1.36 bits per heavy atom. The van der Waals surface area contributed by atoms with Gasteiger partial charge in [0.15, 0.2) is 5.69 Å². The number of H-pyrrole nitrogens is 1. The van der Waals surface area contributed by atoms with Crippen molar-refractivity contribution in [2.24, 2.45) is 0 Å². The van der Waals surface area contributed by atoms with Gasteiger partial charge in [-0.3, -0.25) is 14.8 Å². The molecule has 1 aromatic carbocycles. The van der Waals surface area contributed by atoms with Crippen molar-refractivity contribution in [2.45, 2.75) is 45.3 Å². The van der Waals surface area contributed by atoms with Crippen LogP contribution >= 0.6 is 0 Å². The van der Waals surface area contributed by atoms with E-state index < -0.39 is 0 Å². The van der Waals surface area contributed by atoms with Crippen molar-refractivity contribution in [3.8, 4) is 0 Å². The Morgan fingerprint density at radius 3 is 2.76 bits per heavy atom. The van der Waals surface area contributed by atoms with Gasteiger partial charge in [-0.15, -0.1) is 0 Å². The normalized spacial score (nSPS) is 16.3. The van der Waals surface area contributed by atoms with Crippen molar-refractivity contribution in [3.05, 3.63) is 47.3 Å². The number of para-hydroxylation sites is 1. The molecule has 1 aromatic heterocycles. The zero-order chi connectivity index (χ0) is 17.8. The van der Waals surface area contributed by atoms with E-state index in [1.54, 1.807) is 6.07 Å². The highest BCUT2D eigenvalue weighted by Gasteiger charge is 2.19. The number of nitrogens with zero attached hydrogens (tertiary/aromatic N) is 2. The molecule has 0 unspecified atom stereocenters. The van der Waals surface area contributed by atoms with E-state index in [4.69, 9.17) is 0 Å². The van der Waals surface area contributed by atoms with Crippen molar-refractivity contribution in [1.82, 2.24) is 15.1 Å². The molecule has 1 saturated heterocycles. The summed E-state index contributed by atoms with van der Waals surface area (Å²) in [5.74, 6) is 0.0976. The average molecular weight is 342 g/mol. The van der Waals surface area contributed by atoms with Gasteiger partial charge in [0.1, 0.15) is 0 Å². The van der Waals surface area contributed by atoms with E-state index in [9.17, 15) is 9.90 Å². The van der Waals surface area contributed by atoms with Crippen molar-refractivity contribution in [1.29, 1.82) is 0 Å². The van der Waals surface area contributed by atoms with Crippen LogP contribution in [0, 0.1) is 0 Å². The molecule has 3 N–H and O–H groups in total. The van der Waals surface area contributed by atoms with E-state index in [2.05, 4.69) is 34.3 Å². The molecule has 0 spiro atoms. The number of piperidine rings is 1. The van der Waals surface area contributed by atoms with Crippen LogP contribution in [0.4, 0.5) is 5.69 Å². The van der Waals surface area contributed by atoms with Crippen LogP contribution in [0.1, 0.15) is 54.4 Å². The summed E-state index contributed by atoms with van der Waals surface area (Å²) in [5.41, 5.74) is 3.24. The summed E-state index contributed by atoms with van der Waals surface area (Å²) < 4.78 is 0. The number of carbonyl (C=O) groups excluding carboxylic acids is 1. The second-order valence-corrected chi connectivity index (χ2v) is 6.98. The maximum atomic E-state index is 12.5. The van der Waals surface area contributed by atoms with Crippen LogP contribution in [-0.4, -0.2) is 45.3 Å². The van der Waals surface area contributed by atoms with Gasteiger partial charge in [0.2, 0.25) is 0 Å². The third kappa shape index (κ3) is 4.46. The molecule has 134 valence electrons. The Balaban J connectivity index is 1.68. The molecule has 25 heavy (non-hydrogen) atoms. The Kier molecular flexibility index (Phi) is 5.50. The zero-order valence-electron chi connectivity index (χ0n) is 14.8.